The minimum Gasteiger partial charge on any atom is -0.335 e. The van der Waals surface area contributed by atoms with Crippen LogP contribution in [0.4, 0.5) is 13.2 Å². The number of carbonyl (C=O) groups is 1. The molecule has 0 aromatic heterocycles. The number of carbonyl (C=O) groups excluding carboxylic acids is 1. The first-order valence-corrected chi connectivity index (χ1v) is 3.31. The molecule has 0 heterocycles. The molecule has 0 aromatic carbocycles. The third kappa shape index (κ3) is 6.65. The number of hydrogen-bond acceptors (Lipinski definition) is 2. The van der Waals surface area contributed by atoms with Crippen molar-refractivity contribution in [3.63, 3.8) is 0 Å². The van der Waals surface area contributed by atoms with E-state index in [4.69, 9.17) is 5.73 Å². The monoisotopic (exact) mass is 220 g/mol. The van der Waals surface area contributed by atoms with E-state index in [1.54, 1.807) is 0 Å². The van der Waals surface area contributed by atoms with Crippen LogP contribution in [0.5, 0.6) is 0 Å². The van der Waals surface area contributed by atoms with Crippen molar-refractivity contribution >= 4 is 18.3 Å². The van der Waals surface area contributed by atoms with Crippen LogP contribution in [-0.4, -0.2) is 36.6 Å². The minimum absolute atomic E-state index is 0. The maximum Gasteiger partial charge on any atom is 0.406 e. The molecule has 0 aromatic rings. The number of likely N-dealkylation sites (N-methyl/N-ethyl adjacent to an activating group) is 1. The average Bonchev–Trinajstić information content (AvgIpc) is 1.82. The fourth-order valence-corrected chi connectivity index (χ4v) is 0.694. The summed E-state index contributed by atoms with van der Waals surface area (Å²) in [5.41, 5.74) is 5.10. The third-order valence-electron chi connectivity index (χ3n) is 1.18. The van der Waals surface area contributed by atoms with Crippen LogP contribution in [0.1, 0.15) is 6.92 Å². The summed E-state index contributed by atoms with van der Waals surface area (Å²) in [4.78, 5) is 11.4. The molecular formula is C6H12ClF3N2O. The first-order chi connectivity index (χ1) is 5.24. The Morgan fingerprint density at radius 3 is 2.15 bits per heavy atom. The highest BCUT2D eigenvalue weighted by atomic mass is 35.5. The summed E-state index contributed by atoms with van der Waals surface area (Å²) >= 11 is 0. The molecule has 0 rings (SSSR count). The van der Waals surface area contributed by atoms with Gasteiger partial charge in [0.2, 0.25) is 5.91 Å². The van der Waals surface area contributed by atoms with Crippen LogP contribution in [0.2, 0.25) is 0 Å². The van der Waals surface area contributed by atoms with Gasteiger partial charge in [-0.2, -0.15) is 13.2 Å². The molecule has 0 fully saturated rings. The number of nitrogens with two attached hydrogens (primary N) is 1. The van der Waals surface area contributed by atoms with Gasteiger partial charge in [-0.05, 0) is 6.92 Å². The van der Waals surface area contributed by atoms with Crippen LogP contribution in [0, 0.1) is 0 Å². The average molecular weight is 221 g/mol. The van der Waals surface area contributed by atoms with E-state index < -0.39 is 24.7 Å². The van der Waals surface area contributed by atoms with Crippen LogP contribution in [0.25, 0.3) is 0 Å². The predicted molar refractivity (Wildman–Crippen MR) is 44.6 cm³/mol. The first-order valence-electron chi connectivity index (χ1n) is 3.31. The van der Waals surface area contributed by atoms with Gasteiger partial charge in [0.1, 0.15) is 6.54 Å². The number of hydrogen-bond donors (Lipinski definition) is 1. The van der Waals surface area contributed by atoms with Crippen molar-refractivity contribution in [2.24, 2.45) is 5.73 Å². The van der Waals surface area contributed by atoms with Gasteiger partial charge in [-0.25, -0.2) is 0 Å². The zero-order valence-electron chi connectivity index (χ0n) is 7.26. The largest absolute Gasteiger partial charge is 0.406 e. The first kappa shape index (κ1) is 15.0. The molecule has 0 aliphatic heterocycles. The van der Waals surface area contributed by atoms with Crippen LogP contribution in [-0.2, 0) is 4.79 Å². The number of nitrogens with zero attached hydrogens (tertiary/aromatic N) is 1. The number of rotatable bonds is 2. The summed E-state index contributed by atoms with van der Waals surface area (Å²) in [5, 5.41) is 0. The van der Waals surface area contributed by atoms with Crippen molar-refractivity contribution < 1.29 is 18.0 Å². The molecule has 0 spiro atoms. The summed E-state index contributed by atoms with van der Waals surface area (Å²) in [6.45, 7) is 0.0859. The molecule has 1 atom stereocenters. The van der Waals surface area contributed by atoms with E-state index in [2.05, 4.69) is 0 Å². The summed E-state index contributed by atoms with van der Waals surface area (Å²) in [7, 11) is 1.07. The van der Waals surface area contributed by atoms with Crippen molar-refractivity contribution in [2.75, 3.05) is 13.6 Å². The molecule has 2 N–H and O–H groups in total. The highest BCUT2D eigenvalue weighted by molar-refractivity contribution is 5.85. The maximum atomic E-state index is 11.7. The van der Waals surface area contributed by atoms with E-state index in [9.17, 15) is 18.0 Å². The molecule has 0 saturated heterocycles. The summed E-state index contributed by atoms with van der Waals surface area (Å²) in [5.74, 6) is -0.715. The van der Waals surface area contributed by atoms with Gasteiger partial charge in [0.15, 0.2) is 0 Å². The highest BCUT2D eigenvalue weighted by Crippen LogP contribution is 2.15. The van der Waals surface area contributed by atoms with Gasteiger partial charge in [-0.15, -0.1) is 12.4 Å². The van der Waals surface area contributed by atoms with Crippen LogP contribution >= 0.6 is 12.4 Å². The van der Waals surface area contributed by atoms with Gasteiger partial charge < -0.3 is 10.6 Å². The van der Waals surface area contributed by atoms with E-state index in [0.29, 0.717) is 4.90 Å². The highest BCUT2D eigenvalue weighted by Gasteiger charge is 2.31. The second-order valence-corrected chi connectivity index (χ2v) is 2.60. The zero-order valence-corrected chi connectivity index (χ0v) is 8.08. The lowest BCUT2D eigenvalue weighted by molar-refractivity contribution is -0.158. The van der Waals surface area contributed by atoms with E-state index in [1.807, 2.05) is 0 Å². The van der Waals surface area contributed by atoms with E-state index in [0.717, 1.165) is 7.05 Å². The predicted octanol–water partition coefficient (Wildman–Crippen LogP) is 0.776. The fourth-order valence-electron chi connectivity index (χ4n) is 0.694. The van der Waals surface area contributed by atoms with Crippen molar-refractivity contribution in [3.8, 4) is 0 Å². The Kier molecular flexibility index (Phi) is 6.10. The Balaban J connectivity index is 0. The molecule has 0 saturated carbocycles. The Hall–Kier alpha value is -0.490. The zero-order chi connectivity index (χ0) is 9.94. The summed E-state index contributed by atoms with van der Waals surface area (Å²) in [6, 6.07) is -0.891. The van der Waals surface area contributed by atoms with E-state index >= 15 is 0 Å². The van der Waals surface area contributed by atoms with Gasteiger partial charge in [0.05, 0.1) is 6.04 Å². The lowest BCUT2D eigenvalue weighted by Crippen LogP contribution is -2.43. The molecule has 0 aliphatic rings. The number of amides is 1. The lowest BCUT2D eigenvalue weighted by atomic mass is 10.3. The smallest absolute Gasteiger partial charge is 0.335 e. The van der Waals surface area contributed by atoms with Crippen molar-refractivity contribution in [3.05, 3.63) is 0 Å². The number of alkyl halides is 3. The molecular weight excluding hydrogens is 209 g/mol. The molecule has 0 aliphatic carbocycles. The fraction of sp³-hybridized carbons (Fsp3) is 0.833. The lowest BCUT2D eigenvalue weighted by Gasteiger charge is -2.20. The molecule has 0 radical (unpaired) electrons. The molecule has 80 valence electrons. The normalized spacial score (nSPS) is 13.1. The van der Waals surface area contributed by atoms with Gasteiger partial charge in [0, 0.05) is 7.05 Å². The van der Waals surface area contributed by atoms with Gasteiger partial charge in [0.25, 0.3) is 0 Å². The molecule has 0 unspecified atom stereocenters. The standard InChI is InChI=1S/C6H11F3N2O.ClH/c1-4(10)5(12)11(2)3-6(7,8)9;/h4H,3,10H2,1-2H3;1H/t4-;/m1./s1. The molecule has 3 nitrogen and oxygen atoms in total. The Labute approximate surface area is 80.5 Å². The third-order valence-corrected chi connectivity index (χ3v) is 1.18. The van der Waals surface area contributed by atoms with Gasteiger partial charge in [-0.3, -0.25) is 4.79 Å². The van der Waals surface area contributed by atoms with Crippen molar-refractivity contribution in [1.29, 1.82) is 0 Å². The Morgan fingerprint density at radius 2 is 1.92 bits per heavy atom. The second-order valence-electron chi connectivity index (χ2n) is 2.60. The van der Waals surface area contributed by atoms with Crippen molar-refractivity contribution in [2.45, 2.75) is 19.1 Å². The second kappa shape index (κ2) is 5.29. The summed E-state index contributed by atoms with van der Waals surface area (Å²) < 4.78 is 35.1. The Bertz CT molecular complexity index is 172. The molecule has 13 heavy (non-hydrogen) atoms. The van der Waals surface area contributed by atoms with Crippen molar-refractivity contribution in [1.82, 2.24) is 4.90 Å². The van der Waals surface area contributed by atoms with Crippen LogP contribution in [0.15, 0.2) is 0 Å². The quantitative estimate of drug-likeness (QED) is 0.748. The SMILES string of the molecule is C[C@@H](N)C(=O)N(C)CC(F)(F)F.Cl. The van der Waals surface area contributed by atoms with E-state index in [-0.39, 0.29) is 12.4 Å². The molecule has 0 bridgehead atoms. The van der Waals surface area contributed by atoms with Crippen LogP contribution in [0.3, 0.4) is 0 Å². The molecule has 1 amide bonds. The topological polar surface area (TPSA) is 46.3 Å². The Morgan fingerprint density at radius 1 is 1.54 bits per heavy atom. The van der Waals surface area contributed by atoms with Gasteiger partial charge >= 0.3 is 6.18 Å². The number of halogens is 4. The minimum atomic E-state index is -4.36. The van der Waals surface area contributed by atoms with E-state index in [1.165, 1.54) is 6.92 Å². The maximum absolute atomic E-state index is 11.7. The van der Waals surface area contributed by atoms with Crippen LogP contribution < -0.4 is 5.73 Å². The summed E-state index contributed by atoms with van der Waals surface area (Å²) in [6.07, 6.45) is -4.36. The van der Waals surface area contributed by atoms with Gasteiger partial charge in [-0.1, -0.05) is 0 Å². The molecule has 7 heteroatoms.